The topological polar surface area (TPSA) is 104 Å². The second-order valence-electron chi connectivity index (χ2n) is 7.63. The molecule has 1 saturated carbocycles. The third-order valence-electron chi connectivity index (χ3n) is 5.53. The molecule has 29 heavy (non-hydrogen) atoms. The molecule has 0 radical (unpaired) electrons. The van der Waals surface area contributed by atoms with E-state index in [1.807, 2.05) is 6.92 Å². The minimum absolute atomic E-state index is 0.138. The highest BCUT2D eigenvalue weighted by molar-refractivity contribution is 8.00. The molecule has 2 aliphatic rings. The average Bonchev–Trinajstić information content (AvgIpc) is 3.34. The average molecular weight is 418 g/mol. The van der Waals surface area contributed by atoms with E-state index in [0.717, 1.165) is 24.6 Å². The van der Waals surface area contributed by atoms with Gasteiger partial charge in [-0.1, -0.05) is 43.9 Å². The molecule has 9 heteroatoms. The van der Waals surface area contributed by atoms with Crippen LogP contribution >= 0.6 is 11.8 Å². The Bertz CT molecular complexity index is 866. The van der Waals surface area contributed by atoms with Crippen molar-refractivity contribution in [2.24, 2.45) is 5.92 Å². The van der Waals surface area contributed by atoms with Crippen molar-refractivity contribution in [1.82, 2.24) is 14.9 Å². The Morgan fingerprint density at radius 2 is 2.07 bits per heavy atom. The predicted molar refractivity (Wildman–Crippen MR) is 112 cm³/mol. The molecule has 156 valence electrons. The number of fused-ring (bicyclic) bond motifs is 1. The summed E-state index contributed by atoms with van der Waals surface area (Å²) in [7, 11) is 0. The van der Waals surface area contributed by atoms with E-state index in [2.05, 4.69) is 15.5 Å². The summed E-state index contributed by atoms with van der Waals surface area (Å²) in [6.07, 6.45) is 8.55. The van der Waals surface area contributed by atoms with E-state index in [1.54, 1.807) is 18.2 Å². The number of aromatic nitrogens is 3. The maximum Gasteiger partial charge on any atom is 0.237 e. The number of thioether (sulfide) groups is 1. The number of carbonyl (C=O) groups is 1. The first kappa shape index (κ1) is 19.9. The highest BCUT2D eigenvalue weighted by Gasteiger charge is 2.21. The molecule has 0 bridgehead atoms. The summed E-state index contributed by atoms with van der Waals surface area (Å²) < 4.78 is 12.2. The third kappa shape index (κ3) is 4.77. The van der Waals surface area contributed by atoms with E-state index in [1.165, 1.54) is 48.5 Å². The van der Waals surface area contributed by atoms with Gasteiger partial charge in [0.2, 0.25) is 17.9 Å². The molecule has 2 aromatic rings. The number of anilines is 1. The summed E-state index contributed by atoms with van der Waals surface area (Å²) in [5, 5.41) is 11.5. The lowest BCUT2D eigenvalue weighted by Crippen LogP contribution is -2.24. The number of carbonyl (C=O) groups excluding carboxylic acids is 1. The van der Waals surface area contributed by atoms with Crippen molar-refractivity contribution in [2.75, 3.05) is 18.0 Å². The summed E-state index contributed by atoms with van der Waals surface area (Å²) in [4.78, 5) is 12.6. The minimum Gasteiger partial charge on any atom is -0.454 e. The number of rotatable bonds is 7. The van der Waals surface area contributed by atoms with Crippen molar-refractivity contribution < 1.29 is 14.3 Å². The lowest BCUT2D eigenvalue weighted by atomic mass is 9.86. The fourth-order valence-corrected chi connectivity index (χ4v) is 4.59. The van der Waals surface area contributed by atoms with E-state index in [9.17, 15) is 4.79 Å². The third-order valence-corrected chi connectivity index (χ3v) is 6.58. The van der Waals surface area contributed by atoms with Crippen LogP contribution in [0.5, 0.6) is 11.5 Å². The van der Waals surface area contributed by atoms with Gasteiger partial charge in [-0.15, -0.1) is 10.2 Å². The number of nitrogen functional groups attached to an aromatic ring is 1. The number of nitrogens with two attached hydrogens (primary N) is 1. The Kier molecular flexibility index (Phi) is 6.13. The molecular weight excluding hydrogens is 390 g/mol. The molecular formula is C20H27N5O3S. The van der Waals surface area contributed by atoms with Crippen LogP contribution in [0.2, 0.25) is 0 Å². The van der Waals surface area contributed by atoms with Gasteiger partial charge in [0.1, 0.15) is 0 Å². The van der Waals surface area contributed by atoms with E-state index in [-0.39, 0.29) is 18.0 Å². The monoisotopic (exact) mass is 417 g/mol. The van der Waals surface area contributed by atoms with Gasteiger partial charge in [0, 0.05) is 18.2 Å². The quantitative estimate of drug-likeness (QED) is 0.526. The molecule has 8 nitrogen and oxygen atoms in total. The summed E-state index contributed by atoms with van der Waals surface area (Å²) in [5.41, 5.74) is 0.661. The van der Waals surface area contributed by atoms with Gasteiger partial charge < -0.3 is 20.6 Å². The Morgan fingerprint density at radius 1 is 1.28 bits per heavy atom. The number of amides is 1. The maximum atomic E-state index is 12.6. The first-order valence-corrected chi connectivity index (χ1v) is 11.0. The van der Waals surface area contributed by atoms with Gasteiger partial charge in [0.25, 0.3) is 0 Å². The van der Waals surface area contributed by atoms with Gasteiger partial charge >= 0.3 is 0 Å². The molecule has 1 atom stereocenters. The van der Waals surface area contributed by atoms with Crippen molar-refractivity contribution in [3.63, 3.8) is 0 Å². The van der Waals surface area contributed by atoms with Gasteiger partial charge in [-0.2, -0.15) is 0 Å². The van der Waals surface area contributed by atoms with Crippen molar-refractivity contribution in [3.05, 3.63) is 24.0 Å². The zero-order valence-corrected chi connectivity index (χ0v) is 17.4. The maximum absolute atomic E-state index is 12.6. The number of nitrogens with zero attached hydrogens (tertiary/aromatic N) is 3. The molecule has 3 N–H and O–H groups in total. The van der Waals surface area contributed by atoms with E-state index in [4.69, 9.17) is 15.3 Å². The van der Waals surface area contributed by atoms with Crippen molar-refractivity contribution in [1.29, 1.82) is 0 Å². The molecule has 0 spiro atoms. The van der Waals surface area contributed by atoms with Crippen LogP contribution in [-0.4, -0.2) is 32.8 Å². The summed E-state index contributed by atoms with van der Waals surface area (Å²) in [6.45, 7) is 2.03. The van der Waals surface area contributed by atoms with Crippen LogP contribution in [0.1, 0.15) is 51.3 Å². The Hall–Kier alpha value is -2.42. The molecule has 1 amide bonds. The Balaban J connectivity index is 1.31. The molecule has 0 saturated heterocycles. The number of hydrogen-bond acceptors (Lipinski definition) is 7. The minimum atomic E-state index is -0.377. The Labute approximate surface area is 174 Å². The molecule has 1 aromatic heterocycles. The van der Waals surface area contributed by atoms with Crippen LogP contribution in [-0.2, 0) is 11.2 Å². The smallest absolute Gasteiger partial charge is 0.237 e. The van der Waals surface area contributed by atoms with Gasteiger partial charge in [-0.25, -0.2) is 4.68 Å². The van der Waals surface area contributed by atoms with Gasteiger partial charge in [0.05, 0.1) is 5.25 Å². The van der Waals surface area contributed by atoms with E-state index >= 15 is 0 Å². The fraction of sp³-hybridized carbons (Fsp3) is 0.550. The van der Waals surface area contributed by atoms with Crippen LogP contribution < -0.4 is 20.6 Å². The lowest BCUT2D eigenvalue weighted by Gasteiger charge is -2.20. The number of benzene rings is 1. The number of hydrogen-bond donors (Lipinski definition) is 2. The molecule has 1 fully saturated rings. The fourth-order valence-electron chi connectivity index (χ4n) is 3.80. The molecule has 1 aliphatic heterocycles. The molecule has 0 unspecified atom stereocenters. The number of aryl methyl sites for hydroxylation is 1. The standard InChI is InChI=1S/C20H27N5O3S/c1-13(19(26)22-15-8-9-16-17(11-15)28-12-27-16)29-20-24-23-18(25(20)21)10-7-14-5-3-2-4-6-14/h8-9,11,13-14H,2-7,10,12,21H2,1H3,(H,22,26)/t13-/m1/s1. The zero-order chi connectivity index (χ0) is 20.2. The SMILES string of the molecule is C[C@@H](Sc1nnc(CCC2CCCCC2)n1N)C(=O)Nc1ccc2c(c1)OCO2. The summed E-state index contributed by atoms with van der Waals surface area (Å²) >= 11 is 1.30. The molecule has 1 aromatic carbocycles. The highest BCUT2D eigenvalue weighted by atomic mass is 32.2. The van der Waals surface area contributed by atoms with Crippen molar-refractivity contribution in [3.8, 4) is 11.5 Å². The van der Waals surface area contributed by atoms with E-state index < -0.39 is 0 Å². The zero-order valence-electron chi connectivity index (χ0n) is 16.6. The summed E-state index contributed by atoms with van der Waals surface area (Å²) in [5.74, 6) is 8.91. The molecule has 4 rings (SSSR count). The van der Waals surface area contributed by atoms with Crippen molar-refractivity contribution in [2.45, 2.75) is 62.3 Å². The van der Waals surface area contributed by atoms with Crippen molar-refractivity contribution >= 4 is 23.4 Å². The number of nitrogens with one attached hydrogen (secondary N) is 1. The van der Waals surface area contributed by atoms with Gasteiger partial charge in [-0.3, -0.25) is 4.79 Å². The second kappa shape index (κ2) is 8.94. The van der Waals surface area contributed by atoms with Crippen LogP contribution in [0.25, 0.3) is 0 Å². The second-order valence-corrected chi connectivity index (χ2v) is 8.94. The van der Waals surface area contributed by atoms with Crippen LogP contribution in [0.4, 0.5) is 5.69 Å². The number of ether oxygens (including phenoxy) is 2. The largest absolute Gasteiger partial charge is 0.454 e. The normalized spacial score (nSPS) is 17.3. The van der Waals surface area contributed by atoms with Gasteiger partial charge in [-0.05, 0) is 31.4 Å². The van der Waals surface area contributed by atoms with Crippen LogP contribution in [0, 0.1) is 5.92 Å². The summed E-state index contributed by atoms with van der Waals surface area (Å²) in [6, 6.07) is 5.33. The molecule has 1 aliphatic carbocycles. The molecule has 2 heterocycles. The predicted octanol–water partition coefficient (Wildman–Crippen LogP) is 3.35. The van der Waals surface area contributed by atoms with Gasteiger partial charge in [0.15, 0.2) is 17.3 Å². The Morgan fingerprint density at radius 3 is 2.90 bits per heavy atom. The lowest BCUT2D eigenvalue weighted by molar-refractivity contribution is -0.115. The van der Waals surface area contributed by atoms with Crippen LogP contribution in [0.3, 0.4) is 0 Å². The highest BCUT2D eigenvalue weighted by Crippen LogP contribution is 2.34. The van der Waals surface area contributed by atoms with Crippen LogP contribution in [0.15, 0.2) is 23.4 Å². The first-order valence-electron chi connectivity index (χ1n) is 10.2. The first-order chi connectivity index (χ1) is 14.1. The van der Waals surface area contributed by atoms with E-state index in [0.29, 0.717) is 22.3 Å².